The molecule has 18 heavy (non-hydrogen) atoms. The normalized spacial score (nSPS) is 17.3. The summed E-state index contributed by atoms with van der Waals surface area (Å²) >= 11 is 1.68. The van der Waals surface area contributed by atoms with Gasteiger partial charge >= 0.3 is 0 Å². The minimum atomic E-state index is 1.04. The number of hydrogen-bond donors (Lipinski definition) is 2. The molecular formula is C12H23N5S. The Morgan fingerprint density at radius 2 is 2.00 bits per heavy atom. The Balaban J connectivity index is 1.88. The molecule has 0 atom stereocenters. The highest BCUT2D eigenvalue weighted by Crippen LogP contribution is 2.21. The van der Waals surface area contributed by atoms with E-state index in [0.717, 1.165) is 38.5 Å². The summed E-state index contributed by atoms with van der Waals surface area (Å²) in [5.74, 6) is 1.15. The Morgan fingerprint density at radius 3 is 2.67 bits per heavy atom. The van der Waals surface area contributed by atoms with Crippen LogP contribution in [0.2, 0.25) is 0 Å². The average molecular weight is 269 g/mol. The molecule has 1 aromatic rings. The van der Waals surface area contributed by atoms with Crippen molar-refractivity contribution in [3.05, 3.63) is 17.8 Å². The lowest BCUT2D eigenvalue weighted by Gasteiger charge is -2.26. The summed E-state index contributed by atoms with van der Waals surface area (Å²) in [6.07, 6.45) is 2.12. The van der Waals surface area contributed by atoms with Gasteiger partial charge in [0.2, 0.25) is 0 Å². The predicted octanol–water partition coefficient (Wildman–Crippen LogP) is 0.981. The van der Waals surface area contributed by atoms with Crippen molar-refractivity contribution in [2.75, 3.05) is 51.6 Å². The molecule has 2 rings (SSSR count). The molecule has 0 unspecified atom stereocenters. The van der Waals surface area contributed by atoms with Crippen molar-refractivity contribution in [1.29, 1.82) is 0 Å². The van der Waals surface area contributed by atoms with Crippen LogP contribution in [0.4, 0.5) is 5.82 Å². The molecule has 102 valence electrons. The number of H-pyrrole nitrogens is 1. The van der Waals surface area contributed by atoms with E-state index in [-0.39, 0.29) is 0 Å². The number of rotatable bonds is 5. The van der Waals surface area contributed by atoms with Gasteiger partial charge < -0.3 is 10.3 Å². The van der Waals surface area contributed by atoms with Crippen molar-refractivity contribution >= 4 is 18.0 Å². The molecule has 1 aromatic heterocycles. The van der Waals surface area contributed by atoms with E-state index in [0.29, 0.717) is 0 Å². The van der Waals surface area contributed by atoms with E-state index < -0.39 is 0 Å². The fraction of sp³-hybridized carbons (Fsp3) is 0.667. The molecule has 0 radical (unpaired) electrons. The van der Waals surface area contributed by atoms with Crippen molar-refractivity contribution < 1.29 is 0 Å². The molecule has 1 fully saturated rings. The van der Waals surface area contributed by atoms with Crippen LogP contribution in [-0.2, 0) is 6.54 Å². The Morgan fingerprint density at radius 1 is 1.28 bits per heavy atom. The van der Waals surface area contributed by atoms with Gasteiger partial charge in [0.1, 0.15) is 5.82 Å². The number of aromatic amines is 1. The van der Waals surface area contributed by atoms with Crippen molar-refractivity contribution in [3.8, 4) is 0 Å². The van der Waals surface area contributed by atoms with Crippen LogP contribution in [0, 0.1) is 0 Å². The van der Waals surface area contributed by atoms with Gasteiger partial charge in [-0.3, -0.25) is 9.21 Å². The Hall–Kier alpha value is -0.690. The van der Waals surface area contributed by atoms with E-state index in [2.05, 4.69) is 43.1 Å². The zero-order chi connectivity index (χ0) is 13.0. The van der Waals surface area contributed by atoms with Gasteiger partial charge in [-0.2, -0.15) is 0 Å². The molecule has 2 N–H and O–H groups in total. The number of hydrogen-bond acceptors (Lipinski definition) is 5. The second-order valence-corrected chi connectivity index (χ2v) is 6.25. The zero-order valence-electron chi connectivity index (χ0n) is 11.4. The molecule has 0 aromatic carbocycles. The third kappa shape index (κ3) is 3.91. The smallest absolute Gasteiger partial charge is 0.116 e. The summed E-state index contributed by atoms with van der Waals surface area (Å²) in [6, 6.07) is 2.23. The van der Waals surface area contributed by atoms with Crippen LogP contribution in [0.25, 0.3) is 0 Å². The number of nitrogens with zero attached hydrogens (tertiary/aromatic N) is 3. The highest BCUT2D eigenvalue weighted by Gasteiger charge is 2.12. The molecule has 2 heterocycles. The largest absolute Gasteiger partial charge is 0.347 e. The predicted molar refractivity (Wildman–Crippen MR) is 78.6 cm³/mol. The SMILES string of the molecule is CN(C)SN(C)c1cc(CN2CCNCC2)c[nH]1. The maximum Gasteiger partial charge on any atom is 0.116 e. The average Bonchev–Trinajstić information content (AvgIpc) is 2.78. The third-order valence-corrected chi connectivity index (χ3v) is 3.74. The summed E-state index contributed by atoms with van der Waals surface area (Å²) in [5.41, 5.74) is 1.36. The molecule has 0 amide bonds. The van der Waals surface area contributed by atoms with E-state index in [1.165, 1.54) is 5.56 Å². The van der Waals surface area contributed by atoms with Crippen LogP contribution < -0.4 is 9.62 Å². The van der Waals surface area contributed by atoms with Crippen molar-refractivity contribution in [2.45, 2.75) is 6.54 Å². The van der Waals surface area contributed by atoms with Crippen molar-refractivity contribution in [3.63, 3.8) is 0 Å². The highest BCUT2D eigenvalue weighted by atomic mass is 32.2. The van der Waals surface area contributed by atoms with Crippen LogP contribution in [0.1, 0.15) is 5.56 Å². The molecule has 0 spiro atoms. The minimum absolute atomic E-state index is 1.04. The van der Waals surface area contributed by atoms with Gasteiger partial charge in [0.25, 0.3) is 0 Å². The first-order valence-electron chi connectivity index (χ1n) is 6.34. The molecule has 1 aliphatic heterocycles. The van der Waals surface area contributed by atoms with Crippen LogP contribution in [0.5, 0.6) is 0 Å². The first-order chi connectivity index (χ1) is 8.65. The van der Waals surface area contributed by atoms with Gasteiger partial charge in [0.15, 0.2) is 0 Å². The molecule has 0 aliphatic carbocycles. The van der Waals surface area contributed by atoms with E-state index in [1.807, 2.05) is 14.1 Å². The summed E-state index contributed by atoms with van der Waals surface area (Å²) in [6.45, 7) is 5.53. The molecule has 6 heteroatoms. The second-order valence-electron chi connectivity index (χ2n) is 4.81. The van der Waals surface area contributed by atoms with E-state index in [4.69, 9.17) is 0 Å². The van der Waals surface area contributed by atoms with Gasteiger partial charge in [-0.25, -0.2) is 4.31 Å². The first kappa shape index (κ1) is 13.7. The number of anilines is 1. The van der Waals surface area contributed by atoms with Gasteiger partial charge in [-0.1, -0.05) is 0 Å². The topological polar surface area (TPSA) is 37.5 Å². The van der Waals surface area contributed by atoms with E-state index >= 15 is 0 Å². The summed E-state index contributed by atoms with van der Waals surface area (Å²) in [4.78, 5) is 5.83. The van der Waals surface area contributed by atoms with Gasteiger partial charge in [0.05, 0.1) is 0 Å². The lowest BCUT2D eigenvalue weighted by atomic mass is 10.3. The molecule has 5 nitrogen and oxygen atoms in total. The van der Waals surface area contributed by atoms with Crippen LogP contribution in [0.3, 0.4) is 0 Å². The van der Waals surface area contributed by atoms with Crippen LogP contribution >= 0.6 is 12.1 Å². The monoisotopic (exact) mass is 269 g/mol. The minimum Gasteiger partial charge on any atom is -0.347 e. The van der Waals surface area contributed by atoms with Gasteiger partial charge in [-0.15, -0.1) is 0 Å². The van der Waals surface area contributed by atoms with Gasteiger partial charge in [0, 0.05) is 58.1 Å². The second kappa shape index (κ2) is 6.47. The van der Waals surface area contributed by atoms with Crippen molar-refractivity contribution in [2.24, 2.45) is 0 Å². The summed E-state index contributed by atoms with van der Waals surface area (Å²) in [7, 11) is 6.17. The quantitative estimate of drug-likeness (QED) is 0.780. The Bertz CT molecular complexity index is 359. The molecular weight excluding hydrogens is 246 g/mol. The highest BCUT2D eigenvalue weighted by molar-refractivity contribution is 7.98. The summed E-state index contributed by atoms with van der Waals surface area (Å²) < 4.78 is 4.22. The van der Waals surface area contributed by atoms with E-state index in [9.17, 15) is 0 Å². The molecule has 0 saturated carbocycles. The third-order valence-electron chi connectivity index (χ3n) is 2.97. The maximum absolute atomic E-state index is 3.38. The Kier molecular flexibility index (Phi) is 4.94. The maximum atomic E-state index is 3.38. The standard InChI is InChI=1S/C12H23N5S/c1-15(2)18-16(3)12-8-11(9-14-12)10-17-6-4-13-5-7-17/h8-9,13-14H,4-7,10H2,1-3H3. The van der Waals surface area contributed by atoms with Crippen LogP contribution in [0.15, 0.2) is 12.3 Å². The lowest BCUT2D eigenvalue weighted by molar-refractivity contribution is 0.233. The molecule has 0 bridgehead atoms. The van der Waals surface area contributed by atoms with Crippen molar-refractivity contribution in [1.82, 2.24) is 19.5 Å². The summed E-state index contributed by atoms with van der Waals surface area (Å²) in [5, 5.41) is 3.38. The number of nitrogens with one attached hydrogen (secondary N) is 2. The number of piperazine rings is 1. The first-order valence-corrected chi connectivity index (χ1v) is 7.07. The molecule has 1 saturated heterocycles. The van der Waals surface area contributed by atoms with Gasteiger partial charge in [-0.05, 0) is 25.7 Å². The number of aromatic nitrogens is 1. The fourth-order valence-corrected chi connectivity index (χ4v) is 2.80. The molecule has 1 aliphatic rings. The zero-order valence-corrected chi connectivity index (χ0v) is 12.3. The Labute approximate surface area is 114 Å². The fourth-order valence-electron chi connectivity index (χ4n) is 2.12. The lowest BCUT2D eigenvalue weighted by Crippen LogP contribution is -2.42. The van der Waals surface area contributed by atoms with E-state index in [1.54, 1.807) is 12.1 Å². The van der Waals surface area contributed by atoms with Crippen LogP contribution in [-0.4, -0.2) is 61.5 Å².